The van der Waals surface area contributed by atoms with E-state index in [0.717, 1.165) is 60.1 Å². The van der Waals surface area contributed by atoms with E-state index in [4.69, 9.17) is 0 Å². The van der Waals surface area contributed by atoms with Crippen molar-refractivity contribution in [2.24, 2.45) is 0 Å². The Morgan fingerprint density at radius 3 is 2.58 bits per heavy atom. The molecule has 0 aliphatic carbocycles. The molecule has 3 aromatic rings. The molecule has 0 bridgehead atoms. The van der Waals surface area contributed by atoms with Crippen LogP contribution in [0.2, 0.25) is 0 Å². The minimum absolute atomic E-state index is 0.163. The average Bonchev–Trinajstić information content (AvgIpc) is 3.27. The fourth-order valence-corrected chi connectivity index (χ4v) is 4.99. The van der Waals surface area contributed by atoms with Crippen molar-refractivity contribution in [2.45, 2.75) is 36.6 Å². The number of sulfonamides is 1. The zero-order valence-corrected chi connectivity index (χ0v) is 17.6. The van der Waals surface area contributed by atoms with Crippen molar-refractivity contribution >= 4 is 26.6 Å². The zero-order chi connectivity index (χ0) is 22.2. The maximum Gasteiger partial charge on any atom is 0.573 e. The topological polar surface area (TPSA) is 74.4 Å². The lowest BCUT2D eigenvalue weighted by Crippen LogP contribution is -2.26. The molecule has 1 aliphatic heterocycles. The summed E-state index contributed by atoms with van der Waals surface area (Å²) >= 11 is 0. The number of alkyl halides is 3. The number of likely N-dealkylation sites (tertiary alicyclic amines) is 1. The van der Waals surface area contributed by atoms with Gasteiger partial charge in [0.1, 0.15) is 5.75 Å². The monoisotopic (exact) mass is 453 g/mol. The maximum atomic E-state index is 12.7. The van der Waals surface area contributed by atoms with Crippen LogP contribution in [0.1, 0.15) is 18.4 Å². The van der Waals surface area contributed by atoms with Gasteiger partial charge in [-0.1, -0.05) is 0 Å². The van der Waals surface area contributed by atoms with E-state index in [2.05, 4.69) is 26.4 Å². The molecular formula is C21H22F3N3O3S. The first-order chi connectivity index (χ1) is 14.6. The second-order valence-corrected chi connectivity index (χ2v) is 9.36. The van der Waals surface area contributed by atoms with Crippen molar-refractivity contribution in [3.05, 3.63) is 54.2 Å². The van der Waals surface area contributed by atoms with E-state index in [1.54, 1.807) is 18.2 Å². The number of aromatic amines is 1. The van der Waals surface area contributed by atoms with Crippen LogP contribution in [0.5, 0.6) is 5.75 Å². The predicted molar refractivity (Wildman–Crippen MR) is 112 cm³/mol. The Hall–Kier alpha value is -2.72. The summed E-state index contributed by atoms with van der Waals surface area (Å²) in [6.45, 7) is 1.07. The van der Waals surface area contributed by atoms with Crippen LogP contribution in [0.3, 0.4) is 0 Å². The molecule has 1 fully saturated rings. The number of fused-ring (bicyclic) bond motifs is 1. The lowest BCUT2D eigenvalue weighted by atomic mass is 10.0. The number of nitrogens with zero attached hydrogens (tertiary/aromatic N) is 1. The van der Waals surface area contributed by atoms with Gasteiger partial charge in [0.15, 0.2) is 0 Å². The Balaban J connectivity index is 1.54. The highest BCUT2D eigenvalue weighted by Crippen LogP contribution is 2.29. The molecule has 0 saturated carbocycles. The minimum atomic E-state index is -4.84. The minimum Gasteiger partial charge on any atom is -0.406 e. The number of ether oxygens (including phenoxy) is 1. The van der Waals surface area contributed by atoms with Crippen LogP contribution < -0.4 is 9.46 Å². The van der Waals surface area contributed by atoms with E-state index in [1.807, 2.05) is 6.20 Å². The van der Waals surface area contributed by atoms with Crippen LogP contribution >= 0.6 is 0 Å². The highest BCUT2D eigenvalue weighted by Gasteiger charge is 2.31. The summed E-state index contributed by atoms with van der Waals surface area (Å²) in [5.74, 6) is -0.485. The number of nitrogens with one attached hydrogen (secondary N) is 2. The fourth-order valence-electron chi connectivity index (χ4n) is 3.94. The SMILES string of the molecule is CN1CCCC1Cc1c[nH]c2ccc(NS(=O)(=O)c3ccc(OC(F)(F)F)cc3)cc12. The number of halogens is 3. The molecule has 4 rings (SSSR count). The van der Waals surface area contributed by atoms with Gasteiger partial charge in [-0.3, -0.25) is 4.72 Å². The van der Waals surface area contributed by atoms with Gasteiger partial charge in [-0.25, -0.2) is 8.42 Å². The lowest BCUT2D eigenvalue weighted by molar-refractivity contribution is -0.274. The third-order valence-corrected chi connectivity index (χ3v) is 6.91. The third-order valence-electron chi connectivity index (χ3n) is 5.51. The molecule has 1 atom stereocenters. The van der Waals surface area contributed by atoms with Gasteiger partial charge >= 0.3 is 6.36 Å². The summed E-state index contributed by atoms with van der Waals surface area (Å²) in [6, 6.07) is 9.74. The number of rotatable bonds is 6. The molecule has 10 heteroatoms. The Labute approximate surface area is 178 Å². The second kappa shape index (κ2) is 8.08. The van der Waals surface area contributed by atoms with Crippen LogP contribution in [-0.2, 0) is 16.4 Å². The van der Waals surface area contributed by atoms with Gasteiger partial charge in [0.05, 0.1) is 4.90 Å². The third kappa shape index (κ3) is 4.96. The predicted octanol–water partition coefficient (Wildman–Crippen LogP) is 4.50. The average molecular weight is 453 g/mol. The first-order valence-corrected chi connectivity index (χ1v) is 11.3. The number of anilines is 1. The summed E-state index contributed by atoms with van der Waals surface area (Å²) in [7, 11) is -1.87. The summed E-state index contributed by atoms with van der Waals surface area (Å²) in [5, 5.41) is 0.939. The zero-order valence-electron chi connectivity index (χ0n) is 16.7. The van der Waals surface area contributed by atoms with E-state index >= 15 is 0 Å². The standard InChI is InChI=1S/C21H22F3N3O3S/c1-27-10-2-3-16(27)11-14-13-25-20-9-4-15(12-19(14)20)26-31(28,29)18-7-5-17(6-8-18)30-21(22,23)24/h4-9,12-13,16,25-26H,2-3,10-11H2,1H3. The molecule has 2 N–H and O–H groups in total. The van der Waals surface area contributed by atoms with Crippen molar-refractivity contribution in [1.29, 1.82) is 0 Å². The molecule has 1 saturated heterocycles. The van der Waals surface area contributed by atoms with Gasteiger partial charge < -0.3 is 14.6 Å². The van der Waals surface area contributed by atoms with Crippen LogP contribution in [0.4, 0.5) is 18.9 Å². The highest BCUT2D eigenvalue weighted by atomic mass is 32.2. The van der Waals surface area contributed by atoms with E-state index in [1.165, 1.54) is 6.42 Å². The molecule has 1 aliphatic rings. The van der Waals surface area contributed by atoms with E-state index in [9.17, 15) is 21.6 Å². The first kappa shape index (κ1) is 21.5. The van der Waals surface area contributed by atoms with Crippen molar-refractivity contribution in [3.63, 3.8) is 0 Å². The smallest absolute Gasteiger partial charge is 0.406 e. The first-order valence-electron chi connectivity index (χ1n) is 9.80. The number of likely N-dealkylation sites (N-methyl/N-ethyl adjacent to an activating group) is 1. The Morgan fingerprint density at radius 2 is 1.94 bits per heavy atom. The van der Waals surface area contributed by atoms with Gasteiger partial charge in [0, 0.05) is 28.8 Å². The van der Waals surface area contributed by atoms with E-state index < -0.39 is 22.1 Å². The number of hydrogen-bond acceptors (Lipinski definition) is 4. The highest BCUT2D eigenvalue weighted by molar-refractivity contribution is 7.92. The van der Waals surface area contributed by atoms with Gasteiger partial charge in [0.2, 0.25) is 0 Å². The van der Waals surface area contributed by atoms with Crippen LogP contribution in [0.15, 0.2) is 53.6 Å². The number of H-pyrrole nitrogens is 1. The molecule has 1 aromatic heterocycles. The van der Waals surface area contributed by atoms with Crippen LogP contribution in [0, 0.1) is 0 Å². The molecular weight excluding hydrogens is 431 g/mol. The molecule has 0 radical (unpaired) electrons. The molecule has 2 aromatic carbocycles. The molecule has 0 amide bonds. The van der Waals surface area contributed by atoms with Gasteiger partial charge in [-0.15, -0.1) is 13.2 Å². The van der Waals surface area contributed by atoms with Crippen molar-refractivity contribution < 1.29 is 26.3 Å². The summed E-state index contributed by atoms with van der Waals surface area (Å²) in [6.07, 6.45) is 0.280. The normalized spacial score (nSPS) is 17.9. The van der Waals surface area contributed by atoms with Crippen LogP contribution in [-0.4, -0.2) is 44.3 Å². The molecule has 0 spiro atoms. The van der Waals surface area contributed by atoms with Crippen molar-refractivity contribution in [2.75, 3.05) is 18.3 Å². The molecule has 166 valence electrons. The number of benzene rings is 2. The van der Waals surface area contributed by atoms with Crippen molar-refractivity contribution in [1.82, 2.24) is 9.88 Å². The van der Waals surface area contributed by atoms with Crippen molar-refractivity contribution in [3.8, 4) is 5.75 Å². The number of aromatic nitrogens is 1. The molecule has 31 heavy (non-hydrogen) atoms. The lowest BCUT2D eigenvalue weighted by Gasteiger charge is -2.18. The quantitative estimate of drug-likeness (QED) is 0.576. The Bertz CT molecular complexity index is 1170. The van der Waals surface area contributed by atoms with Crippen LogP contribution in [0.25, 0.3) is 10.9 Å². The molecule has 1 unspecified atom stereocenters. The summed E-state index contributed by atoms with van der Waals surface area (Å²) in [4.78, 5) is 5.39. The maximum absolute atomic E-state index is 12.7. The van der Waals surface area contributed by atoms with E-state index in [0.29, 0.717) is 11.7 Å². The Kier molecular flexibility index (Phi) is 5.61. The van der Waals surface area contributed by atoms with Gasteiger partial charge in [0.25, 0.3) is 10.0 Å². The number of hydrogen-bond donors (Lipinski definition) is 2. The summed E-state index contributed by atoms with van der Waals surface area (Å²) < 4.78 is 68.5. The largest absolute Gasteiger partial charge is 0.573 e. The second-order valence-electron chi connectivity index (χ2n) is 7.68. The van der Waals surface area contributed by atoms with Gasteiger partial charge in [-0.2, -0.15) is 0 Å². The van der Waals surface area contributed by atoms with E-state index in [-0.39, 0.29) is 4.90 Å². The fraction of sp³-hybridized carbons (Fsp3) is 0.333. The molecule has 2 heterocycles. The Morgan fingerprint density at radius 1 is 1.19 bits per heavy atom. The van der Waals surface area contributed by atoms with Gasteiger partial charge in [-0.05, 0) is 80.9 Å². The molecule has 6 nitrogen and oxygen atoms in total. The summed E-state index contributed by atoms with van der Waals surface area (Å²) in [5.41, 5.74) is 2.40.